The highest BCUT2D eigenvalue weighted by atomic mass is 16.9. The van der Waals surface area contributed by atoms with Gasteiger partial charge in [-0.3, -0.25) is 33.6 Å². The van der Waals surface area contributed by atoms with E-state index in [1.807, 2.05) is 0 Å². The zero-order chi connectivity index (χ0) is 42.4. The van der Waals surface area contributed by atoms with Crippen LogP contribution in [0.2, 0.25) is 0 Å². The van der Waals surface area contributed by atoms with Gasteiger partial charge in [0.1, 0.15) is 36.1 Å². The summed E-state index contributed by atoms with van der Waals surface area (Å²) in [4.78, 5) is 95.1. The highest BCUT2D eigenvalue weighted by molar-refractivity contribution is 5.76. The van der Waals surface area contributed by atoms with Gasteiger partial charge in [0, 0.05) is 64.9 Å². The minimum absolute atomic E-state index is 0.276. The summed E-state index contributed by atoms with van der Waals surface area (Å²) in [6.45, 7) is 9.31. The molecule has 4 aliphatic carbocycles. The van der Waals surface area contributed by atoms with Crippen molar-refractivity contribution in [2.24, 2.45) is 28.1 Å². The fourth-order valence-corrected chi connectivity index (χ4v) is 13.4. The van der Waals surface area contributed by atoms with Crippen molar-refractivity contribution >= 4 is 41.8 Å². The molecule has 1 aromatic rings. The van der Waals surface area contributed by atoms with Crippen molar-refractivity contribution < 1.29 is 90.5 Å². The summed E-state index contributed by atoms with van der Waals surface area (Å²) in [5, 5.41) is 13.6. The van der Waals surface area contributed by atoms with Gasteiger partial charge in [0.15, 0.2) is 17.8 Å². The maximum absolute atomic E-state index is 14.2. The van der Waals surface area contributed by atoms with E-state index < -0.39 is 148 Å². The normalized spacial score (nSPS) is 47.2. The van der Waals surface area contributed by atoms with Crippen LogP contribution < -0.4 is 0 Å². The first-order valence-corrected chi connectivity index (χ1v) is 18.9. The van der Waals surface area contributed by atoms with Gasteiger partial charge < -0.3 is 56.9 Å². The number of rotatable bonds is 9. The lowest BCUT2D eigenvalue weighted by molar-refractivity contribution is -0.496. The van der Waals surface area contributed by atoms with Gasteiger partial charge in [-0.15, -0.1) is 0 Å². The van der Waals surface area contributed by atoms with Crippen LogP contribution in [0.5, 0.6) is 0 Å². The Morgan fingerprint density at radius 1 is 0.862 bits per heavy atom. The fourth-order valence-electron chi connectivity index (χ4n) is 13.4. The highest BCUT2D eigenvalue weighted by Gasteiger charge is 3.08. The van der Waals surface area contributed by atoms with E-state index in [1.54, 1.807) is 13.8 Å². The molecule has 2 spiro atoms. The SMILES string of the molecule is COC(=O)CC1C2(C)CC34OC5(C)OC6(C7CC(=O)OC(c8ccoc8)C7(C)C(OC(C)=O)C(O)C6(O5)C13COC(C)=O)C(OC(C)=O)C4(OC(C)=O)C2OC(C)=O. The number of hydrogen-bond acceptors (Lipinski definition) is 19. The Bertz CT molecular complexity index is 2010. The van der Waals surface area contributed by atoms with Crippen LogP contribution in [0.4, 0.5) is 0 Å². The number of esters is 7. The van der Waals surface area contributed by atoms with Gasteiger partial charge >= 0.3 is 41.8 Å². The number of cyclic esters (lactones) is 1. The van der Waals surface area contributed by atoms with Crippen molar-refractivity contribution in [2.45, 2.75) is 134 Å². The van der Waals surface area contributed by atoms with Gasteiger partial charge in [0.2, 0.25) is 5.60 Å². The predicted molar refractivity (Wildman–Crippen MR) is 183 cm³/mol. The Balaban J connectivity index is 1.60. The van der Waals surface area contributed by atoms with Crippen molar-refractivity contribution in [3.63, 3.8) is 0 Å². The van der Waals surface area contributed by atoms with Crippen LogP contribution in [0.15, 0.2) is 23.0 Å². The number of aliphatic hydroxyl groups is 1. The number of hydrogen-bond donors (Lipinski definition) is 1. The lowest BCUT2D eigenvalue weighted by Gasteiger charge is -2.78. The average Bonchev–Trinajstić information content (AvgIpc) is 3.82. The molecule has 1 aromatic heterocycles. The molecule has 4 bridgehead atoms. The molecule has 58 heavy (non-hydrogen) atoms. The molecule has 0 radical (unpaired) electrons. The number of furan rings is 1. The van der Waals surface area contributed by atoms with E-state index >= 15 is 0 Å². The highest BCUT2D eigenvalue weighted by Crippen LogP contribution is 2.90. The van der Waals surface area contributed by atoms with Crippen molar-refractivity contribution in [3.8, 4) is 0 Å². The van der Waals surface area contributed by atoms with Gasteiger partial charge in [-0.25, -0.2) is 0 Å². The van der Waals surface area contributed by atoms with Gasteiger partial charge in [-0.1, -0.05) is 13.8 Å². The molecular weight excluding hydrogens is 772 g/mol. The molecule has 0 amide bonds. The molecule has 7 aliphatic rings. The molecule has 19 heteroatoms. The van der Waals surface area contributed by atoms with E-state index in [2.05, 4.69) is 0 Å². The van der Waals surface area contributed by atoms with Crippen molar-refractivity contribution in [1.29, 1.82) is 0 Å². The van der Waals surface area contributed by atoms with E-state index in [0.29, 0.717) is 0 Å². The molecular formula is C39H46O19. The molecule has 3 saturated heterocycles. The van der Waals surface area contributed by atoms with Gasteiger partial charge in [-0.05, 0) is 18.4 Å². The molecule has 19 nitrogen and oxygen atoms in total. The number of ether oxygens (including phenoxy) is 10. The first-order chi connectivity index (χ1) is 27.0. The minimum atomic E-state index is -2.48. The summed E-state index contributed by atoms with van der Waals surface area (Å²) >= 11 is 0. The number of fused-ring (bicyclic) bond motifs is 3. The summed E-state index contributed by atoms with van der Waals surface area (Å²) < 4.78 is 69.1. The largest absolute Gasteiger partial charge is 0.472 e. The van der Waals surface area contributed by atoms with E-state index in [0.717, 1.165) is 41.7 Å². The van der Waals surface area contributed by atoms with Gasteiger partial charge in [-0.2, -0.15) is 0 Å². The summed E-state index contributed by atoms with van der Waals surface area (Å²) in [5.41, 5.74) is -14.8. The maximum Gasteiger partial charge on any atom is 0.306 e. The molecule has 4 saturated carbocycles. The molecule has 8 rings (SSSR count). The van der Waals surface area contributed by atoms with Crippen LogP contribution in [0.25, 0.3) is 0 Å². The smallest absolute Gasteiger partial charge is 0.306 e. The van der Waals surface area contributed by atoms with E-state index in [1.165, 1.54) is 25.5 Å². The molecule has 1 N–H and O–H groups in total. The van der Waals surface area contributed by atoms with Gasteiger partial charge in [0.05, 0.1) is 36.9 Å². The number of carbonyl (C=O) groups excluding carboxylic acids is 7. The number of aliphatic hydroxyl groups excluding tert-OH is 1. The quantitative estimate of drug-likeness (QED) is 0.274. The maximum atomic E-state index is 14.2. The Morgan fingerprint density at radius 3 is 2.09 bits per heavy atom. The second-order valence-electron chi connectivity index (χ2n) is 17.2. The lowest BCUT2D eigenvalue weighted by atomic mass is 9.32. The minimum Gasteiger partial charge on any atom is -0.472 e. The van der Waals surface area contributed by atoms with Crippen molar-refractivity contribution in [1.82, 2.24) is 0 Å². The van der Waals surface area contributed by atoms with Crippen LogP contribution in [0.1, 0.15) is 86.3 Å². The summed E-state index contributed by atoms with van der Waals surface area (Å²) in [7, 11) is 1.15. The van der Waals surface area contributed by atoms with E-state index in [9.17, 15) is 38.7 Å². The Labute approximate surface area is 331 Å². The first kappa shape index (κ1) is 40.2. The Hall–Kier alpha value is -4.59. The van der Waals surface area contributed by atoms with Gasteiger partial charge in [0.25, 0.3) is 5.97 Å². The van der Waals surface area contributed by atoms with Crippen LogP contribution in [0.3, 0.4) is 0 Å². The van der Waals surface area contributed by atoms with Crippen LogP contribution in [0, 0.1) is 28.1 Å². The third kappa shape index (κ3) is 4.34. The standard InChI is InChI=1S/C39H46O19/c1-17(40)50-16-35-23(12-25(45)48-9)32(6)15-36(35)38(55-21(5)44,30(32)52-19(3)42)31(53-20(4)43)37-24-13-26(46)54-28(22-10-11-49-14-22)33(24,7)29(51-18(2)41)27(47)39(35,37)58-34(8,56-36)57-37/h10-11,14,23-24,27-31,47H,12-13,15-16H2,1-9H3. The van der Waals surface area contributed by atoms with Crippen molar-refractivity contribution in [2.75, 3.05) is 13.7 Å². The van der Waals surface area contributed by atoms with Crippen LogP contribution in [-0.2, 0) is 80.9 Å². The monoisotopic (exact) mass is 818 g/mol. The summed E-state index contributed by atoms with van der Waals surface area (Å²) in [6, 6.07) is 1.51. The van der Waals surface area contributed by atoms with Crippen molar-refractivity contribution in [3.05, 3.63) is 24.2 Å². The zero-order valence-corrected chi connectivity index (χ0v) is 33.4. The summed E-state index contributed by atoms with van der Waals surface area (Å²) in [5.74, 6) is -11.1. The molecule has 0 aromatic carbocycles. The fraction of sp³-hybridized carbons (Fsp3) is 0.718. The molecule has 4 heterocycles. The zero-order valence-electron chi connectivity index (χ0n) is 33.4. The summed E-state index contributed by atoms with van der Waals surface area (Å²) in [6.07, 6.45) is -7.56. The molecule has 316 valence electrons. The third-order valence-corrected chi connectivity index (χ3v) is 14.3. The second kappa shape index (κ2) is 12.2. The van der Waals surface area contributed by atoms with E-state index in [-0.39, 0.29) is 12.0 Å². The molecule has 7 fully saturated rings. The number of methoxy groups -OCH3 is 1. The second-order valence-corrected chi connectivity index (χ2v) is 17.2. The lowest BCUT2D eigenvalue weighted by Crippen LogP contribution is -2.98. The predicted octanol–water partition coefficient (Wildman–Crippen LogP) is 1.49. The van der Waals surface area contributed by atoms with Crippen LogP contribution in [-0.4, -0.2) is 113 Å². The first-order valence-electron chi connectivity index (χ1n) is 18.9. The Morgan fingerprint density at radius 2 is 1.52 bits per heavy atom. The average molecular weight is 819 g/mol. The third-order valence-electron chi connectivity index (χ3n) is 14.3. The van der Waals surface area contributed by atoms with Crippen LogP contribution >= 0.6 is 0 Å². The molecule has 15 atom stereocenters. The topological polar surface area (TPSA) is 245 Å². The van der Waals surface area contributed by atoms with E-state index in [4.69, 9.17) is 51.8 Å². The Kier molecular flexibility index (Phi) is 8.48. The molecule has 3 aliphatic heterocycles. The number of carbonyl (C=O) groups is 7. The molecule has 15 unspecified atom stereocenters.